The van der Waals surface area contributed by atoms with Crippen LogP contribution < -0.4 is 0 Å². The lowest BCUT2D eigenvalue weighted by Gasteiger charge is -1.95. The molecule has 0 fully saturated rings. The summed E-state index contributed by atoms with van der Waals surface area (Å²) in [5.41, 5.74) is 2.37. The second-order valence-electron chi connectivity index (χ2n) is 3.25. The topological polar surface area (TPSA) is 28.7 Å². The molecule has 1 radical (unpaired) electrons. The Morgan fingerprint density at radius 2 is 2.00 bits per heavy atom. The zero-order chi connectivity index (χ0) is 9.80. The third-order valence-corrected chi connectivity index (χ3v) is 2.15. The average molecular weight is 185 g/mol. The molecule has 0 unspecified atom stereocenters. The SMILES string of the molecule is [CH2]Cc1nc(Cc2ccccc2)c[nH]1. The average Bonchev–Trinajstić information content (AvgIpc) is 2.67. The fraction of sp³-hybridized carbons (Fsp3) is 0.167. The Morgan fingerprint density at radius 3 is 2.64 bits per heavy atom. The monoisotopic (exact) mass is 185 g/mol. The first-order valence-electron chi connectivity index (χ1n) is 4.75. The predicted octanol–water partition coefficient (Wildman–Crippen LogP) is 2.38. The van der Waals surface area contributed by atoms with Gasteiger partial charge in [-0.2, -0.15) is 0 Å². The van der Waals surface area contributed by atoms with Gasteiger partial charge in [0.1, 0.15) is 5.82 Å². The van der Waals surface area contributed by atoms with Crippen molar-refractivity contribution in [2.24, 2.45) is 0 Å². The highest BCUT2D eigenvalue weighted by Crippen LogP contribution is 2.07. The molecule has 0 saturated carbocycles. The molecule has 0 aliphatic rings. The second-order valence-corrected chi connectivity index (χ2v) is 3.25. The number of hydrogen-bond acceptors (Lipinski definition) is 1. The lowest BCUT2D eigenvalue weighted by molar-refractivity contribution is 1.02. The summed E-state index contributed by atoms with van der Waals surface area (Å²) in [5.74, 6) is 0.955. The maximum absolute atomic E-state index is 4.41. The Labute approximate surface area is 84.0 Å². The van der Waals surface area contributed by atoms with E-state index in [0.29, 0.717) is 0 Å². The van der Waals surface area contributed by atoms with Crippen LogP contribution in [-0.2, 0) is 12.8 Å². The summed E-state index contributed by atoms with van der Waals surface area (Å²) in [5, 5.41) is 0. The Hall–Kier alpha value is -1.57. The van der Waals surface area contributed by atoms with Crippen LogP contribution >= 0.6 is 0 Å². The number of aromatic nitrogens is 2. The van der Waals surface area contributed by atoms with Gasteiger partial charge in [0.15, 0.2) is 0 Å². The van der Waals surface area contributed by atoms with Gasteiger partial charge in [0.25, 0.3) is 0 Å². The third kappa shape index (κ3) is 2.02. The Morgan fingerprint density at radius 1 is 1.21 bits per heavy atom. The number of H-pyrrole nitrogens is 1. The Balaban J connectivity index is 2.11. The lowest BCUT2D eigenvalue weighted by atomic mass is 10.1. The van der Waals surface area contributed by atoms with E-state index in [1.54, 1.807) is 0 Å². The molecule has 14 heavy (non-hydrogen) atoms. The number of nitrogens with one attached hydrogen (secondary N) is 1. The van der Waals surface area contributed by atoms with Gasteiger partial charge in [0.05, 0.1) is 5.69 Å². The molecule has 1 aromatic heterocycles. The van der Waals surface area contributed by atoms with Gasteiger partial charge in [0.2, 0.25) is 0 Å². The molecule has 0 aliphatic heterocycles. The van der Waals surface area contributed by atoms with Gasteiger partial charge in [0, 0.05) is 19.0 Å². The molecule has 0 bridgehead atoms. The molecule has 2 heteroatoms. The maximum atomic E-state index is 4.41. The van der Waals surface area contributed by atoms with Crippen molar-refractivity contribution in [3.05, 3.63) is 60.5 Å². The second kappa shape index (κ2) is 4.09. The van der Waals surface area contributed by atoms with Crippen LogP contribution in [0.15, 0.2) is 36.5 Å². The first-order valence-corrected chi connectivity index (χ1v) is 4.75. The highest BCUT2D eigenvalue weighted by Gasteiger charge is 1.99. The minimum Gasteiger partial charge on any atom is -0.348 e. The Bertz CT molecular complexity index is 390. The number of aromatic amines is 1. The molecule has 0 saturated heterocycles. The van der Waals surface area contributed by atoms with Crippen LogP contribution in [0.2, 0.25) is 0 Å². The van der Waals surface area contributed by atoms with Gasteiger partial charge in [-0.3, -0.25) is 0 Å². The van der Waals surface area contributed by atoms with Crippen LogP contribution in [-0.4, -0.2) is 9.97 Å². The highest BCUT2D eigenvalue weighted by atomic mass is 14.9. The van der Waals surface area contributed by atoms with Gasteiger partial charge in [-0.05, 0) is 12.5 Å². The predicted molar refractivity (Wildman–Crippen MR) is 56.9 cm³/mol. The van der Waals surface area contributed by atoms with Gasteiger partial charge in [-0.15, -0.1) is 0 Å². The molecule has 2 nitrogen and oxygen atoms in total. The van der Waals surface area contributed by atoms with E-state index >= 15 is 0 Å². The van der Waals surface area contributed by atoms with Crippen LogP contribution in [0.25, 0.3) is 0 Å². The van der Waals surface area contributed by atoms with Crippen molar-refractivity contribution in [1.29, 1.82) is 0 Å². The van der Waals surface area contributed by atoms with Crippen molar-refractivity contribution < 1.29 is 0 Å². The number of benzene rings is 1. The summed E-state index contributed by atoms with van der Waals surface area (Å²) in [4.78, 5) is 7.51. The van der Waals surface area contributed by atoms with Crippen LogP contribution in [0.5, 0.6) is 0 Å². The fourth-order valence-electron chi connectivity index (χ4n) is 1.43. The molecule has 2 aromatic rings. The zero-order valence-corrected chi connectivity index (χ0v) is 8.03. The van der Waals surface area contributed by atoms with E-state index in [-0.39, 0.29) is 0 Å². The normalized spacial score (nSPS) is 10.4. The molecule has 0 atom stereocenters. The number of imidazole rings is 1. The molecule has 0 spiro atoms. The summed E-state index contributed by atoms with van der Waals surface area (Å²) in [6, 6.07) is 10.3. The van der Waals surface area contributed by atoms with E-state index in [1.807, 2.05) is 24.4 Å². The molecule has 0 amide bonds. The van der Waals surface area contributed by atoms with Crippen LogP contribution in [0.4, 0.5) is 0 Å². The summed E-state index contributed by atoms with van der Waals surface area (Å²) in [7, 11) is 0. The van der Waals surface area contributed by atoms with Gasteiger partial charge < -0.3 is 4.98 Å². The van der Waals surface area contributed by atoms with E-state index in [1.165, 1.54) is 5.56 Å². The van der Waals surface area contributed by atoms with Crippen molar-refractivity contribution in [3.8, 4) is 0 Å². The number of hydrogen-bond donors (Lipinski definition) is 1. The van der Waals surface area contributed by atoms with E-state index < -0.39 is 0 Å². The molecule has 71 valence electrons. The standard InChI is InChI=1S/C12H13N2/c1-2-12-13-9-11(14-12)8-10-6-4-3-5-7-10/h3-7,9H,1-2,8H2,(H,13,14). The summed E-state index contributed by atoms with van der Waals surface area (Å²) in [6.45, 7) is 3.78. The van der Waals surface area contributed by atoms with Crippen molar-refractivity contribution in [3.63, 3.8) is 0 Å². The fourth-order valence-corrected chi connectivity index (χ4v) is 1.43. The highest BCUT2D eigenvalue weighted by molar-refractivity contribution is 5.20. The van der Waals surface area contributed by atoms with Crippen molar-refractivity contribution in [2.75, 3.05) is 0 Å². The van der Waals surface area contributed by atoms with E-state index in [0.717, 1.165) is 24.4 Å². The molecule has 1 heterocycles. The van der Waals surface area contributed by atoms with Gasteiger partial charge in [-0.25, -0.2) is 4.98 Å². The first kappa shape index (κ1) is 9.00. The van der Waals surface area contributed by atoms with Crippen LogP contribution in [0.3, 0.4) is 0 Å². The maximum Gasteiger partial charge on any atom is 0.106 e. The van der Waals surface area contributed by atoms with Crippen molar-refractivity contribution in [1.82, 2.24) is 9.97 Å². The molecular formula is C12H13N2. The third-order valence-electron chi connectivity index (χ3n) is 2.15. The van der Waals surface area contributed by atoms with Crippen molar-refractivity contribution in [2.45, 2.75) is 12.8 Å². The summed E-state index contributed by atoms with van der Waals surface area (Å²) < 4.78 is 0. The largest absolute Gasteiger partial charge is 0.348 e. The molecule has 2 rings (SSSR count). The van der Waals surface area contributed by atoms with Crippen LogP contribution in [0, 0.1) is 6.92 Å². The van der Waals surface area contributed by atoms with E-state index in [9.17, 15) is 0 Å². The minimum atomic E-state index is 0.717. The number of nitrogens with zero attached hydrogens (tertiary/aromatic N) is 1. The smallest absolute Gasteiger partial charge is 0.106 e. The van der Waals surface area contributed by atoms with Crippen molar-refractivity contribution >= 4 is 0 Å². The van der Waals surface area contributed by atoms with E-state index in [2.05, 4.69) is 29.0 Å². The van der Waals surface area contributed by atoms with Gasteiger partial charge in [-0.1, -0.05) is 30.3 Å². The van der Waals surface area contributed by atoms with E-state index in [4.69, 9.17) is 0 Å². The van der Waals surface area contributed by atoms with Gasteiger partial charge >= 0.3 is 0 Å². The summed E-state index contributed by atoms with van der Waals surface area (Å²) >= 11 is 0. The molecule has 1 N–H and O–H groups in total. The quantitative estimate of drug-likeness (QED) is 0.781. The molecular weight excluding hydrogens is 172 g/mol. The zero-order valence-electron chi connectivity index (χ0n) is 8.03. The minimum absolute atomic E-state index is 0.717. The lowest BCUT2D eigenvalue weighted by Crippen LogP contribution is -1.88. The molecule has 1 aromatic carbocycles. The van der Waals surface area contributed by atoms with Crippen LogP contribution in [0.1, 0.15) is 17.1 Å². The number of rotatable bonds is 3. The first-order chi connectivity index (χ1) is 6.88. The molecule has 0 aliphatic carbocycles. The Kier molecular flexibility index (Phi) is 2.63. The summed E-state index contributed by atoms with van der Waals surface area (Å²) in [6.07, 6.45) is 3.56.